The Hall–Kier alpha value is -3.17. The summed E-state index contributed by atoms with van der Waals surface area (Å²) in [5, 5.41) is 0. The molecule has 174 valence electrons. The number of amides is 1. The van der Waals surface area contributed by atoms with E-state index in [-0.39, 0.29) is 29.0 Å². The van der Waals surface area contributed by atoms with Crippen molar-refractivity contribution < 1.29 is 14.3 Å². The average Bonchev–Trinajstić information content (AvgIpc) is 3.45. The number of aryl methyl sites for hydroxylation is 1. The van der Waals surface area contributed by atoms with E-state index in [4.69, 9.17) is 21.7 Å². The lowest BCUT2D eigenvalue weighted by molar-refractivity contribution is -0.123. The van der Waals surface area contributed by atoms with Gasteiger partial charge in [0.1, 0.15) is 15.5 Å². The standard InChI is InChI=1S/C25H23N3O4S2/c1-15-8-7-13-27-21(15)26-22(32-19-12-6-5-11-18(19)31-2)17(23(27)29)14-20-24(30)28(25(33)34-20)16-9-3-4-10-16/h5-8,11-14,16H,3-4,9-10H2,1-2H3. The van der Waals surface area contributed by atoms with Crippen molar-refractivity contribution in [2.45, 2.75) is 38.6 Å². The number of carbonyl (C=O) groups is 1. The Labute approximate surface area is 206 Å². The van der Waals surface area contributed by atoms with Gasteiger partial charge in [-0.25, -0.2) is 0 Å². The molecule has 2 fully saturated rings. The molecule has 1 saturated carbocycles. The van der Waals surface area contributed by atoms with Crippen LogP contribution in [0.3, 0.4) is 0 Å². The fraction of sp³-hybridized carbons (Fsp3) is 0.280. The van der Waals surface area contributed by atoms with E-state index in [0.29, 0.717) is 26.4 Å². The van der Waals surface area contributed by atoms with Crippen LogP contribution in [0, 0.1) is 6.92 Å². The monoisotopic (exact) mass is 493 g/mol. The van der Waals surface area contributed by atoms with E-state index in [1.807, 2.05) is 25.1 Å². The Kier molecular flexibility index (Phi) is 6.14. The highest BCUT2D eigenvalue weighted by molar-refractivity contribution is 8.26. The molecule has 1 saturated heterocycles. The van der Waals surface area contributed by atoms with Crippen molar-refractivity contribution >= 4 is 45.9 Å². The van der Waals surface area contributed by atoms with Crippen LogP contribution in [0.1, 0.15) is 36.8 Å². The van der Waals surface area contributed by atoms with Crippen LogP contribution in [-0.4, -0.2) is 37.7 Å². The molecular weight excluding hydrogens is 470 g/mol. The van der Waals surface area contributed by atoms with Crippen LogP contribution in [0.15, 0.2) is 52.3 Å². The first-order chi connectivity index (χ1) is 16.5. The summed E-state index contributed by atoms with van der Waals surface area (Å²) in [5.74, 6) is 0.865. The van der Waals surface area contributed by atoms with Crippen molar-refractivity contribution in [1.29, 1.82) is 0 Å². The van der Waals surface area contributed by atoms with E-state index in [0.717, 1.165) is 31.2 Å². The lowest BCUT2D eigenvalue weighted by atomic mass is 10.2. The summed E-state index contributed by atoms with van der Waals surface area (Å²) in [7, 11) is 1.55. The molecule has 0 unspecified atom stereocenters. The third-order valence-electron chi connectivity index (χ3n) is 6.11. The maximum atomic E-state index is 13.6. The van der Waals surface area contributed by atoms with Crippen molar-refractivity contribution in [3.63, 3.8) is 0 Å². The van der Waals surface area contributed by atoms with E-state index in [2.05, 4.69) is 4.98 Å². The van der Waals surface area contributed by atoms with E-state index in [1.165, 1.54) is 16.2 Å². The molecule has 1 aliphatic carbocycles. The minimum atomic E-state index is -0.329. The number of hydrogen-bond donors (Lipinski definition) is 0. The number of carbonyl (C=O) groups excluding carboxylic acids is 1. The Balaban J connectivity index is 1.64. The van der Waals surface area contributed by atoms with Crippen molar-refractivity contribution in [1.82, 2.24) is 14.3 Å². The summed E-state index contributed by atoms with van der Waals surface area (Å²) in [6.45, 7) is 1.88. The predicted molar refractivity (Wildman–Crippen MR) is 137 cm³/mol. The molecule has 2 aromatic heterocycles. The van der Waals surface area contributed by atoms with Crippen LogP contribution in [-0.2, 0) is 4.79 Å². The Morgan fingerprint density at radius 2 is 1.85 bits per heavy atom. The van der Waals surface area contributed by atoms with Gasteiger partial charge < -0.3 is 9.47 Å². The Morgan fingerprint density at radius 3 is 2.59 bits per heavy atom. The third-order valence-corrected chi connectivity index (χ3v) is 7.44. The summed E-state index contributed by atoms with van der Waals surface area (Å²) in [4.78, 5) is 33.6. The molecule has 0 atom stereocenters. The number of rotatable bonds is 5. The first-order valence-electron chi connectivity index (χ1n) is 11.1. The number of fused-ring (bicyclic) bond motifs is 1. The van der Waals surface area contributed by atoms with Crippen LogP contribution in [0.5, 0.6) is 17.4 Å². The molecule has 9 heteroatoms. The molecule has 0 spiro atoms. The molecule has 1 aliphatic heterocycles. The Bertz CT molecular complexity index is 1390. The molecular formula is C25H23N3O4S2. The number of methoxy groups -OCH3 is 1. The molecule has 1 aromatic carbocycles. The van der Waals surface area contributed by atoms with Gasteiger partial charge in [-0.1, -0.05) is 55.0 Å². The maximum absolute atomic E-state index is 13.6. The lowest BCUT2D eigenvalue weighted by Crippen LogP contribution is -2.36. The van der Waals surface area contributed by atoms with Crippen LogP contribution in [0.25, 0.3) is 11.7 Å². The lowest BCUT2D eigenvalue weighted by Gasteiger charge is -2.21. The topological polar surface area (TPSA) is 73.1 Å². The first kappa shape index (κ1) is 22.6. The quantitative estimate of drug-likeness (QED) is 0.368. The van der Waals surface area contributed by atoms with Crippen LogP contribution < -0.4 is 15.0 Å². The normalized spacial score (nSPS) is 17.8. The van der Waals surface area contributed by atoms with Gasteiger partial charge in [0.05, 0.1) is 12.0 Å². The van der Waals surface area contributed by atoms with Crippen molar-refractivity contribution in [2.75, 3.05) is 7.11 Å². The van der Waals surface area contributed by atoms with Gasteiger partial charge >= 0.3 is 0 Å². The number of thiocarbonyl (C=S) groups is 1. The number of ether oxygens (including phenoxy) is 2. The van der Waals surface area contributed by atoms with Gasteiger partial charge in [0.2, 0.25) is 5.88 Å². The Morgan fingerprint density at radius 1 is 1.12 bits per heavy atom. The van der Waals surface area contributed by atoms with Gasteiger partial charge in [-0.15, -0.1) is 0 Å². The summed E-state index contributed by atoms with van der Waals surface area (Å²) < 4.78 is 13.5. The van der Waals surface area contributed by atoms with Crippen LogP contribution >= 0.6 is 24.0 Å². The van der Waals surface area contributed by atoms with Gasteiger partial charge in [-0.05, 0) is 49.6 Å². The number of benzene rings is 1. The molecule has 3 heterocycles. The highest BCUT2D eigenvalue weighted by Gasteiger charge is 2.38. The second-order valence-electron chi connectivity index (χ2n) is 8.26. The minimum Gasteiger partial charge on any atom is -0.493 e. The van der Waals surface area contributed by atoms with Crippen molar-refractivity contribution in [3.05, 3.63) is 69.0 Å². The summed E-state index contributed by atoms with van der Waals surface area (Å²) in [6.07, 6.45) is 7.29. The zero-order valence-electron chi connectivity index (χ0n) is 18.8. The molecule has 3 aromatic rings. The van der Waals surface area contributed by atoms with Gasteiger partial charge in [-0.3, -0.25) is 18.9 Å². The van der Waals surface area contributed by atoms with Gasteiger partial charge in [0.25, 0.3) is 11.5 Å². The summed E-state index contributed by atoms with van der Waals surface area (Å²) >= 11 is 6.74. The average molecular weight is 494 g/mol. The number of hydrogen-bond acceptors (Lipinski definition) is 7. The molecule has 2 aliphatic rings. The molecule has 0 radical (unpaired) electrons. The SMILES string of the molecule is COc1ccccc1Oc1nc2c(C)cccn2c(=O)c1C=C1SC(=S)N(C2CCCC2)C1=O. The predicted octanol–water partition coefficient (Wildman–Crippen LogP) is 4.95. The van der Waals surface area contributed by atoms with E-state index in [9.17, 15) is 9.59 Å². The maximum Gasteiger partial charge on any atom is 0.269 e. The number of pyridine rings is 1. The second-order valence-corrected chi connectivity index (χ2v) is 9.94. The third kappa shape index (κ3) is 3.99. The number of nitrogens with zero attached hydrogens (tertiary/aromatic N) is 3. The van der Waals surface area contributed by atoms with Crippen LogP contribution in [0.4, 0.5) is 0 Å². The fourth-order valence-electron chi connectivity index (χ4n) is 4.39. The molecule has 1 amide bonds. The minimum absolute atomic E-state index is 0.106. The van der Waals surface area contributed by atoms with Gasteiger partial charge in [0.15, 0.2) is 11.5 Å². The first-order valence-corrected chi connectivity index (χ1v) is 12.3. The number of para-hydroxylation sites is 2. The molecule has 7 nitrogen and oxygen atoms in total. The number of thioether (sulfide) groups is 1. The summed E-state index contributed by atoms with van der Waals surface area (Å²) in [5.41, 5.74) is 1.15. The zero-order valence-corrected chi connectivity index (χ0v) is 20.4. The second kappa shape index (κ2) is 9.23. The van der Waals surface area contributed by atoms with E-state index >= 15 is 0 Å². The van der Waals surface area contributed by atoms with Crippen LogP contribution in [0.2, 0.25) is 0 Å². The van der Waals surface area contributed by atoms with Crippen molar-refractivity contribution in [3.8, 4) is 17.4 Å². The molecule has 5 rings (SSSR count). The largest absolute Gasteiger partial charge is 0.493 e. The molecule has 0 bridgehead atoms. The van der Waals surface area contributed by atoms with Gasteiger partial charge in [0, 0.05) is 12.2 Å². The van der Waals surface area contributed by atoms with Crippen molar-refractivity contribution in [2.24, 2.45) is 0 Å². The molecule has 0 N–H and O–H groups in total. The highest BCUT2D eigenvalue weighted by atomic mass is 32.2. The fourth-order valence-corrected chi connectivity index (χ4v) is 5.77. The zero-order chi connectivity index (χ0) is 23.8. The smallest absolute Gasteiger partial charge is 0.269 e. The van der Waals surface area contributed by atoms with E-state index in [1.54, 1.807) is 42.5 Å². The molecule has 34 heavy (non-hydrogen) atoms. The van der Waals surface area contributed by atoms with E-state index < -0.39 is 0 Å². The highest BCUT2D eigenvalue weighted by Crippen LogP contribution is 2.39. The summed E-state index contributed by atoms with van der Waals surface area (Å²) in [6, 6.07) is 10.9. The number of aromatic nitrogens is 2. The van der Waals surface area contributed by atoms with Gasteiger partial charge in [-0.2, -0.15) is 4.98 Å².